The van der Waals surface area contributed by atoms with Crippen LogP contribution in [0.2, 0.25) is 0 Å². The molecule has 1 aliphatic carbocycles. The van der Waals surface area contributed by atoms with Gasteiger partial charge in [0.1, 0.15) is 12.7 Å². The van der Waals surface area contributed by atoms with E-state index < -0.39 is 18.3 Å². The van der Waals surface area contributed by atoms with Gasteiger partial charge in [0, 0.05) is 12.5 Å². The minimum absolute atomic E-state index is 0.00657. The Balaban J connectivity index is 1.28. The highest BCUT2D eigenvalue weighted by atomic mass is 16.5. The van der Waals surface area contributed by atoms with Gasteiger partial charge < -0.3 is 20.3 Å². The van der Waals surface area contributed by atoms with Gasteiger partial charge in [-0.25, -0.2) is 4.79 Å². The SMILES string of the molecule is Cc1ccc(C(O)C(O)CCNC(=O)OCC2c3ccccc3-c3ccccc32)cc1. The Bertz CT molecular complexity index is 1000. The molecule has 0 saturated heterocycles. The molecule has 0 spiro atoms. The van der Waals surface area contributed by atoms with Crippen LogP contribution >= 0.6 is 0 Å². The van der Waals surface area contributed by atoms with E-state index in [1.807, 2.05) is 43.3 Å². The molecule has 3 aromatic carbocycles. The van der Waals surface area contributed by atoms with Crippen molar-refractivity contribution in [3.63, 3.8) is 0 Å². The third-order valence-corrected chi connectivity index (χ3v) is 5.84. The van der Waals surface area contributed by atoms with Crippen LogP contribution < -0.4 is 5.32 Å². The number of aryl methyl sites for hydroxylation is 1. The largest absolute Gasteiger partial charge is 0.449 e. The number of amides is 1. The molecule has 0 bridgehead atoms. The van der Waals surface area contributed by atoms with Gasteiger partial charge in [-0.3, -0.25) is 0 Å². The molecule has 31 heavy (non-hydrogen) atoms. The average molecular weight is 418 g/mol. The number of rotatable bonds is 7. The van der Waals surface area contributed by atoms with Crippen molar-refractivity contribution >= 4 is 6.09 Å². The minimum Gasteiger partial charge on any atom is -0.449 e. The maximum absolute atomic E-state index is 12.2. The van der Waals surface area contributed by atoms with Crippen LogP contribution in [0.15, 0.2) is 72.8 Å². The van der Waals surface area contributed by atoms with E-state index in [0.717, 1.165) is 16.7 Å². The van der Waals surface area contributed by atoms with Crippen LogP contribution in [-0.4, -0.2) is 35.6 Å². The number of hydrogen-bond donors (Lipinski definition) is 3. The molecule has 0 aliphatic heterocycles. The number of alkyl carbamates (subject to hydrolysis) is 1. The van der Waals surface area contributed by atoms with Crippen LogP contribution in [0.5, 0.6) is 0 Å². The molecule has 4 rings (SSSR count). The normalized spacial score (nSPS) is 14.4. The van der Waals surface area contributed by atoms with Gasteiger partial charge in [0.05, 0.1) is 6.10 Å². The number of ether oxygens (including phenoxy) is 1. The molecule has 2 atom stereocenters. The molecule has 2 unspecified atom stereocenters. The first-order chi connectivity index (χ1) is 15.0. The molecule has 0 fully saturated rings. The molecule has 3 N–H and O–H groups in total. The Hall–Kier alpha value is -3.15. The average Bonchev–Trinajstić information content (AvgIpc) is 3.11. The van der Waals surface area contributed by atoms with Crippen molar-refractivity contribution in [2.45, 2.75) is 31.5 Å². The molecule has 3 aromatic rings. The van der Waals surface area contributed by atoms with Crippen molar-refractivity contribution in [3.05, 3.63) is 95.1 Å². The molecule has 1 aliphatic rings. The standard InChI is InChI=1S/C26H27NO4/c1-17-10-12-18(13-11-17)25(29)24(28)14-15-27-26(30)31-16-23-21-8-4-2-6-19(21)20-7-3-5-9-22(20)23/h2-13,23-25,28-29H,14-16H2,1H3,(H,27,30). The lowest BCUT2D eigenvalue weighted by molar-refractivity contribution is 0.0136. The summed E-state index contributed by atoms with van der Waals surface area (Å²) in [5.74, 6) is 0.00657. The number of aliphatic hydroxyl groups is 2. The predicted molar refractivity (Wildman–Crippen MR) is 120 cm³/mol. The fourth-order valence-electron chi connectivity index (χ4n) is 4.12. The van der Waals surface area contributed by atoms with Crippen molar-refractivity contribution in [2.75, 3.05) is 13.2 Å². The van der Waals surface area contributed by atoms with Crippen molar-refractivity contribution < 1.29 is 19.7 Å². The van der Waals surface area contributed by atoms with Crippen LogP contribution in [0.4, 0.5) is 4.79 Å². The lowest BCUT2D eigenvalue weighted by Crippen LogP contribution is -2.30. The number of carbonyl (C=O) groups excluding carboxylic acids is 1. The first-order valence-electron chi connectivity index (χ1n) is 10.6. The fraction of sp³-hybridized carbons (Fsp3) is 0.269. The fourth-order valence-corrected chi connectivity index (χ4v) is 4.12. The molecule has 0 aromatic heterocycles. The summed E-state index contributed by atoms with van der Waals surface area (Å²) in [6.07, 6.45) is -2.28. The Morgan fingerprint density at radius 2 is 1.52 bits per heavy atom. The van der Waals surface area contributed by atoms with E-state index in [1.165, 1.54) is 11.1 Å². The topological polar surface area (TPSA) is 78.8 Å². The van der Waals surface area contributed by atoms with E-state index in [9.17, 15) is 15.0 Å². The monoisotopic (exact) mass is 417 g/mol. The predicted octanol–water partition coefficient (Wildman–Crippen LogP) is 4.32. The van der Waals surface area contributed by atoms with Crippen LogP contribution in [0.3, 0.4) is 0 Å². The third-order valence-electron chi connectivity index (χ3n) is 5.84. The third kappa shape index (κ3) is 4.63. The zero-order valence-corrected chi connectivity index (χ0v) is 17.5. The summed E-state index contributed by atoms with van der Waals surface area (Å²) >= 11 is 0. The number of fused-ring (bicyclic) bond motifs is 3. The van der Waals surface area contributed by atoms with Gasteiger partial charge in [-0.15, -0.1) is 0 Å². The van der Waals surface area contributed by atoms with Gasteiger partial charge in [-0.05, 0) is 41.2 Å². The highest BCUT2D eigenvalue weighted by molar-refractivity contribution is 5.79. The lowest BCUT2D eigenvalue weighted by atomic mass is 9.98. The van der Waals surface area contributed by atoms with Crippen LogP contribution in [0.25, 0.3) is 11.1 Å². The molecule has 160 valence electrons. The number of aliphatic hydroxyl groups excluding tert-OH is 2. The number of carbonyl (C=O) groups is 1. The van der Waals surface area contributed by atoms with Gasteiger partial charge >= 0.3 is 6.09 Å². The minimum atomic E-state index is -0.995. The van der Waals surface area contributed by atoms with E-state index in [4.69, 9.17) is 4.74 Å². The van der Waals surface area contributed by atoms with Crippen molar-refractivity contribution in [1.82, 2.24) is 5.32 Å². The maximum Gasteiger partial charge on any atom is 0.407 e. The second kappa shape index (κ2) is 9.33. The molecular formula is C26H27NO4. The summed E-state index contributed by atoms with van der Waals surface area (Å²) < 4.78 is 5.49. The van der Waals surface area contributed by atoms with Crippen LogP contribution in [-0.2, 0) is 4.74 Å². The molecule has 0 heterocycles. The van der Waals surface area contributed by atoms with E-state index in [-0.39, 0.29) is 25.5 Å². The molecule has 5 heteroatoms. The van der Waals surface area contributed by atoms with E-state index in [2.05, 4.69) is 29.6 Å². The van der Waals surface area contributed by atoms with Gasteiger partial charge in [0.15, 0.2) is 0 Å². The summed E-state index contributed by atoms with van der Waals surface area (Å²) in [6, 6.07) is 23.7. The van der Waals surface area contributed by atoms with E-state index >= 15 is 0 Å². The van der Waals surface area contributed by atoms with E-state index in [1.54, 1.807) is 12.1 Å². The van der Waals surface area contributed by atoms with Gasteiger partial charge in [0.25, 0.3) is 0 Å². The number of benzene rings is 3. The van der Waals surface area contributed by atoms with Crippen molar-refractivity contribution in [1.29, 1.82) is 0 Å². The second-order valence-corrected chi connectivity index (χ2v) is 7.96. The molecule has 5 nitrogen and oxygen atoms in total. The number of hydrogen-bond acceptors (Lipinski definition) is 4. The van der Waals surface area contributed by atoms with Crippen LogP contribution in [0.1, 0.15) is 40.7 Å². The molecule has 0 radical (unpaired) electrons. The smallest absolute Gasteiger partial charge is 0.407 e. The summed E-state index contributed by atoms with van der Waals surface area (Å²) in [5, 5.41) is 23.2. The second-order valence-electron chi connectivity index (χ2n) is 7.96. The summed E-state index contributed by atoms with van der Waals surface area (Å²) in [7, 11) is 0. The van der Waals surface area contributed by atoms with E-state index in [0.29, 0.717) is 5.56 Å². The zero-order valence-electron chi connectivity index (χ0n) is 17.5. The van der Waals surface area contributed by atoms with Crippen molar-refractivity contribution in [2.24, 2.45) is 0 Å². The summed E-state index contributed by atoms with van der Waals surface area (Å²) in [6.45, 7) is 2.42. The maximum atomic E-state index is 12.2. The molecule has 0 saturated carbocycles. The van der Waals surface area contributed by atoms with Crippen molar-refractivity contribution in [3.8, 4) is 11.1 Å². The van der Waals surface area contributed by atoms with Gasteiger partial charge in [0.2, 0.25) is 0 Å². The highest BCUT2D eigenvalue weighted by Crippen LogP contribution is 2.44. The summed E-state index contributed by atoms with van der Waals surface area (Å²) in [5.41, 5.74) is 6.42. The molecular weight excluding hydrogens is 390 g/mol. The molecule has 1 amide bonds. The lowest BCUT2D eigenvalue weighted by Gasteiger charge is -2.19. The first kappa shape index (κ1) is 21.1. The van der Waals surface area contributed by atoms with Crippen LogP contribution in [0, 0.1) is 6.92 Å². The highest BCUT2D eigenvalue weighted by Gasteiger charge is 2.29. The summed E-state index contributed by atoms with van der Waals surface area (Å²) in [4.78, 5) is 12.2. The Labute approximate surface area is 182 Å². The van der Waals surface area contributed by atoms with Gasteiger partial charge in [-0.1, -0.05) is 78.4 Å². The Morgan fingerprint density at radius 1 is 0.935 bits per heavy atom. The quantitative estimate of drug-likeness (QED) is 0.535. The zero-order chi connectivity index (χ0) is 21.8. The number of nitrogens with one attached hydrogen (secondary N) is 1. The Kier molecular flexibility index (Phi) is 6.35. The first-order valence-corrected chi connectivity index (χ1v) is 10.6. The Morgan fingerprint density at radius 3 is 2.13 bits per heavy atom. The van der Waals surface area contributed by atoms with Gasteiger partial charge in [-0.2, -0.15) is 0 Å².